The second-order valence-electron chi connectivity index (χ2n) is 6.46. The van der Waals surface area contributed by atoms with E-state index in [1.165, 1.54) is 4.88 Å². The van der Waals surface area contributed by atoms with Crippen molar-refractivity contribution in [2.75, 3.05) is 0 Å². The lowest BCUT2D eigenvalue weighted by Crippen LogP contribution is -2.04. The predicted octanol–water partition coefficient (Wildman–Crippen LogP) is 5.57. The quantitative estimate of drug-likeness (QED) is 0.655. The zero-order chi connectivity index (χ0) is 17.4. The number of phenolic OH excluding ortho intramolecular Hbond substituents is 2. The SMILES string of the molecule is Cc1cc(C(c2cc(C)c(O)c(C)c2)c2cccs2)cc(C)c1O. The van der Waals surface area contributed by atoms with Gasteiger partial charge in [-0.05, 0) is 72.5 Å². The molecule has 0 bridgehead atoms. The van der Waals surface area contributed by atoms with Gasteiger partial charge in [-0.25, -0.2) is 0 Å². The smallest absolute Gasteiger partial charge is 0.121 e. The maximum absolute atomic E-state index is 10.1. The summed E-state index contributed by atoms with van der Waals surface area (Å²) in [5, 5.41) is 22.3. The van der Waals surface area contributed by atoms with Gasteiger partial charge in [-0.3, -0.25) is 0 Å². The molecule has 1 heterocycles. The molecule has 2 aromatic carbocycles. The average molecular weight is 338 g/mol. The van der Waals surface area contributed by atoms with Crippen molar-refractivity contribution in [3.05, 3.63) is 80.0 Å². The van der Waals surface area contributed by atoms with E-state index in [4.69, 9.17) is 0 Å². The number of aromatic hydroxyl groups is 2. The summed E-state index contributed by atoms with van der Waals surface area (Å²) < 4.78 is 0. The summed E-state index contributed by atoms with van der Waals surface area (Å²) >= 11 is 1.73. The lowest BCUT2D eigenvalue weighted by molar-refractivity contribution is 0.466. The molecule has 24 heavy (non-hydrogen) atoms. The molecule has 0 atom stereocenters. The van der Waals surface area contributed by atoms with Crippen LogP contribution in [-0.4, -0.2) is 10.2 Å². The fourth-order valence-corrected chi connectivity index (χ4v) is 4.17. The van der Waals surface area contributed by atoms with E-state index in [0.29, 0.717) is 11.5 Å². The molecule has 3 aromatic rings. The third-order valence-corrected chi connectivity index (χ3v) is 5.46. The van der Waals surface area contributed by atoms with E-state index in [9.17, 15) is 10.2 Å². The van der Waals surface area contributed by atoms with Crippen molar-refractivity contribution < 1.29 is 10.2 Å². The number of hydrogen-bond donors (Lipinski definition) is 2. The van der Waals surface area contributed by atoms with E-state index < -0.39 is 0 Å². The molecule has 0 spiro atoms. The Bertz CT molecular complexity index is 775. The van der Waals surface area contributed by atoms with Gasteiger partial charge in [0.1, 0.15) is 11.5 Å². The summed E-state index contributed by atoms with van der Waals surface area (Å²) in [4.78, 5) is 1.25. The van der Waals surface area contributed by atoms with Crippen LogP contribution in [0.1, 0.15) is 44.2 Å². The van der Waals surface area contributed by atoms with Gasteiger partial charge in [0.2, 0.25) is 0 Å². The van der Waals surface area contributed by atoms with Gasteiger partial charge >= 0.3 is 0 Å². The molecule has 0 fully saturated rings. The lowest BCUT2D eigenvalue weighted by atomic mass is 9.86. The molecule has 2 N–H and O–H groups in total. The molecule has 0 aliphatic carbocycles. The number of phenols is 2. The fraction of sp³-hybridized carbons (Fsp3) is 0.238. The Hall–Kier alpha value is -2.26. The molecule has 3 heteroatoms. The van der Waals surface area contributed by atoms with Crippen molar-refractivity contribution in [2.24, 2.45) is 0 Å². The predicted molar refractivity (Wildman–Crippen MR) is 100 cm³/mol. The molecular weight excluding hydrogens is 316 g/mol. The van der Waals surface area contributed by atoms with E-state index in [2.05, 4.69) is 41.8 Å². The van der Waals surface area contributed by atoms with Gasteiger partial charge in [0.15, 0.2) is 0 Å². The van der Waals surface area contributed by atoms with Crippen molar-refractivity contribution in [3.63, 3.8) is 0 Å². The highest BCUT2D eigenvalue weighted by Gasteiger charge is 2.21. The third-order valence-electron chi connectivity index (χ3n) is 4.52. The van der Waals surface area contributed by atoms with Gasteiger partial charge in [-0.15, -0.1) is 11.3 Å². The summed E-state index contributed by atoms with van der Waals surface area (Å²) in [6, 6.07) is 12.4. The largest absolute Gasteiger partial charge is 0.507 e. The van der Waals surface area contributed by atoms with Crippen molar-refractivity contribution in [1.29, 1.82) is 0 Å². The van der Waals surface area contributed by atoms with Crippen LogP contribution in [-0.2, 0) is 0 Å². The minimum Gasteiger partial charge on any atom is -0.507 e. The Morgan fingerprint density at radius 2 is 1.17 bits per heavy atom. The van der Waals surface area contributed by atoms with E-state index >= 15 is 0 Å². The van der Waals surface area contributed by atoms with Crippen LogP contribution in [0.15, 0.2) is 41.8 Å². The maximum Gasteiger partial charge on any atom is 0.121 e. The highest BCUT2D eigenvalue weighted by Crippen LogP contribution is 2.39. The van der Waals surface area contributed by atoms with Crippen LogP contribution >= 0.6 is 11.3 Å². The molecule has 0 saturated heterocycles. The molecule has 2 nitrogen and oxygen atoms in total. The van der Waals surface area contributed by atoms with Crippen LogP contribution in [0.5, 0.6) is 11.5 Å². The first-order valence-electron chi connectivity index (χ1n) is 8.02. The number of hydrogen-bond acceptors (Lipinski definition) is 3. The standard InChI is InChI=1S/C21H22O2S/c1-12-8-16(9-13(2)20(12)22)19(18-6-5-7-24-18)17-10-14(3)21(23)15(4)11-17/h5-11,19,22-23H,1-4H3. The van der Waals surface area contributed by atoms with Crippen LogP contribution in [0.3, 0.4) is 0 Å². The monoisotopic (exact) mass is 338 g/mol. The van der Waals surface area contributed by atoms with Crippen molar-refractivity contribution in [3.8, 4) is 11.5 Å². The Morgan fingerprint density at radius 1 is 0.750 bits per heavy atom. The lowest BCUT2D eigenvalue weighted by Gasteiger charge is -2.20. The van der Waals surface area contributed by atoms with Gasteiger partial charge in [0.25, 0.3) is 0 Å². The number of rotatable bonds is 3. The summed E-state index contributed by atoms with van der Waals surface area (Å²) in [6.07, 6.45) is 0. The van der Waals surface area contributed by atoms with Crippen LogP contribution in [0, 0.1) is 27.7 Å². The first-order valence-corrected chi connectivity index (χ1v) is 8.90. The topological polar surface area (TPSA) is 40.5 Å². The highest BCUT2D eigenvalue weighted by molar-refractivity contribution is 7.10. The maximum atomic E-state index is 10.1. The molecule has 0 radical (unpaired) electrons. The minimum absolute atomic E-state index is 0.0981. The van der Waals surface area contributed by atoms with E-state index in [-0.39, 0.29) is 5.92 Å². The molecule has 1 aromatic heterocycles. The van der Waals surface area contributed by atoms with Crippen LogP contribution in [0.25, 0.3) is 0 Å². The second-order valence-corrected chi connectivity index (χ2v) is 7.43. The van der Waals surface area contributed by atoms with Crippen LogP contribution < -0.4 is 0 Å². The van der Waals surface area contributed by atoms with E-state index in [1.807, 2.05) is 27.7 Å². The van der Waals surface area contributed by atoms with Crippen LogP contribution in [0.4, 0.5) is 0 Å². The van der Waals surface area contributed by atoms with Crippen molar-refractivity contribution in [1.82, 2.24) is 0 Å². The number of benzene rings is 2. The first kappa shape index (κ1) is 16.6. The molecule has 0 amide bonds. The van der Waals surface area contributed by atoms with Gasteiger partial charge in [-0.1, -0.05) is 30.3 Å². The Morgan fingerprint density at radius 3 is 1.50 bits per heavy atom. The van der Waals surface area contributed by atoms with Crippen molar-refractivity contribution in [2.45, 2.75) is 33.6 Å². The van der Waals surface area contributed by atoms with Gasteiger partial charge in [0, 0.05) is 10.8 Å². The van der Waals surface area contributed by atoms with Gasteiger partial charge in [0.05, 0.1) is 0 Å². The summed E-state index contributed by atoms with van der Waals surface area (Å²) in [6.45, 7) is 7.74. The van der Waals surface area contributed by atoms with Gasteiger partial charge < -0.3 is 10.2 Å². The Kier molecular flexibility index (Phi) is 4.37. The summed E-state index contributed by atoms with van der Waals surface area (Å²) in [5.74, 6) is 0.824. The van der Waals surface area contributed by atoms with E-state index in [1.54, 1.807) is 11.3 Å². The zero-order valence-electron chi connectivity index (χ0n) is 14.4. The number of thiophene rings is 1. The summed E-state index contributed by atoms with van der Waals surface area (Å²) in [7, 11) is 0. The molecule has 0 unspecified atom stereocenters. The van der Waals surface area contributed by atoms with E-state index in [0.717, 1.165) is 33.4 Å². The summed E-state index contributed by atoms with van der Waals surface area (Å²) in [5.41, 5.74) is 5.87. The minimum atomic E-state index is 0.0981. The van der Waals surface area contributed by atoms with Gasteiger partial charge in [-0.2, -0.15) is 0 Å². The molecule has 0 saturated carbocycles. The second kappa shape index (κ2) is 6.33. The zero-order valence-corrected chi connectivity index (χ0v) is 15.2. The number of aryl methyl sites for hydroxylation is 4. The Labute approximate surface area is 147 Å². The third kappa shape index (κ3) is 2.92. The normalized spacial score (nSPS) is 11.2. The molecule has 0 aliphatic heterocycles. The molecule has 3 rings (SSSR count). The first-order chi connectivity index (χ1) is 11.4. The molecule has 124 valence electrons. The highest BCUT2D eigenvalue weighted by atomic mass is 32.1. The molecular formula is C21H22O2S. The fourth-order valence-electron chi connectivity index (χ4n) is 3.29. The Balaban J connectivity index is 2.23. The van der Waals surface area contributed by atoms with Crippen molar-refractivity contribution >= 4 is 11.3 Å². The van der Waals surface area contributed by atoms with Crippen LogP contribution in [0.2, 0.25) is 0 Å². The average Bonchev–Trinajstić information content (AvgIpc) is 3.04. The molecule has 0 aliphatic rings.